The van der Waals surface area contributed by atoms with Gasteiger partial charge < -0.3 is 10.6 Å². The van der Waals surface area contributed by atoms with Crippen LogP contribution in [0, 0.1) is 11.3 Å². The lowest BCUT2D eigenvalue weighted by Crippen LogP contribution is -2.44. The van der Waals surface area contributed by atoms with E-state index in [0.29, 0.717) is 35.4 Å². The molecule has 136 valence electrons. The Morgan fingerprint density at radius 1 is 1.12 bits per heavy atom. The highest BCUT2D eigenvalue weighted by molar-refractivity contribution is 6.09. The number of Topliss-reactive ketones (excluding diaryl/α,β-unsaturated/α-hetero) is 2. The van der Waals surface area contributed by atoms with Gasteiger partial charge in [0, 0.05) is 35.4 Å². The van der Waals surface area contributed by atoms with E-state index in [0.717, 1.165) is 0 Å². The van der Waals surface area contributed by atoms with Crippen LogP contribution in [0.3, 0.4) is 0 Å². The third-order valence-corrected chi connectivity index (χ3v) is 4.82. The molecule has 3 rings (SSSR count). The number of hydrogen-bond donors (Lipinski definition) is 2. The Hall–Kier alpha value is -2.76. The molecule has 0 unspecified atom stereocenters. The molecule has 1 aromatic rings. The summed E-state index contributed by atoms with van der Waals surface area (Å²) >= 11 is 0. The summed E-state index contributed by atoms with van der Waals surface area (Å²) in [5.74, 6) is -1.55. The minimum absolute atomic E-state index is 0.0393. The van der Waals surface area contributed by atoms with Gasteiger partial charge in [-0.15, -0.1) is 0 Å². The van der Waals surface area contributed by atoms with Crippen LogP contribution in [-0.4, -0.2) is 23.4 Å². The van der Waals surface area contributed by atoms with Gasteiger partial charge in [-0.1, -0.05) is 13.8 Å². The molecule has 0 aromatic heterocycles. The van der Waals surface area contributed by atoms with Gasteiger partial charge in [0.15, 0.2) is 11.6 Å². The van der Waals surface area contributed by atoms with Crippen molar-refractivity contribution in [2.75, 3.05) is 5.32 Å². The van der Waals surface area contributed by atoms with E-state index in [1.165, 1.54) is 6.92 Å². The Balaban J connectivity index is 1.85. The van der Waals surface area contributed by atoms with Crippen molar-refractivity contribution in [2.45, 2.75) is 40.0 Å². The second-order valence-corrected chi connectivity index (χ2v) is 7.76. The van der Waals surface area contributed by atoms with Gasteiger partial charge in [-0.3, -0.25) is 19.2 Å². The van der Waals surface area contributed by atoms with Crippen LogP contribution in [0.4, 0.5) is 5.69 Å². The molecule has 0 radical (unpaired) electrons. The Bertz CT molecular complexity index is 834. The molecular weight excluding hydrogens is 332 g/mol. The summed E-state index contributed by atoms with van der Waals surface area (Å²) in [4.78, 5) is 48.7. The Labute approximate surface area is 152 Å². The standard InChI is InChI=1S/C20H22N2O4/c1-11(23)12-4-6-13(7-5-12)21-19(26)14-8-17(25)22-15-9-20(2,3)10-16(24)18(14)15/h4-7,14H,8-10H2,1-3H3,(H,21,26)(H,22,25)/t14-/m1/s1. The van der Waals surface area contributed by atoms with Crippen LogP contribution in [0.25, 0.3) is 0 Å². The van der Waals surface area contributed by atoms with Gasteiger partial charge in [0.1, 0.15) is 0 Å². The van der Waals surface area contributed by atoms with Gasteiger partial charge in [-0.05, 0) is 43.0 Å². The first kappa shape index (κ1) is 18.0. The van der Waals surface area contributed by atoms with Crippen LogP contribution >= 0.6 is 0 Å². The molecule has 0 spiro atoms. The van der Waals surface area contributed by atoms with E-state index in [2.05, 4.69) is 10.6 Å². The van der Waals surface area contributed by atoms with E-state index in [-0.39, 0.29) is 35.2 Å². The molecule has 1 aromatic carbocycles. The van der Waals surface area contributed by atoms with Crippen LogP contribution in [-0.2, 0) is 14.4 Å². The number of carbonyl (C=O) groups is 4. The summed E-state index contributed by atoms with van der Waals surface area (Å²) in [6.45, 7) is 5.42. The molecule has 26 heavy (non-hydrogen) atoms. The van der Waals surface area contributed by atoms with Crippen LogP contribution in [0.15, 0.2) is 35.5 Å². The summed E-state index contributed by atoms with van der Waals surface area (Å²) in [5.41, 5.74) is 1.85. The number of hydrogen-bond acceptors (Lipinski definition) is 4. The fourth-order valence-electron chi connectivity index (χ4n) is 3.60. The number of rotatable bonds is 3. The van der Waals surface area contributed by atoms with Crippen molar-refractivity contribution in [1.82, 2.24) is 5.32 Å². The van der Waals surface area contributed by atoms with Crippen molar-refractivity contribution in [3.8, 4) is 0 Å². The predicted octanol–water partition coefficient (Wildman–Crippen LogP) is 2.61. The second kappa shape index (κ2) is 6.52. The van der Waals surface area contributed by atoms with Crippen LogP contribution in [0.2, 0.25) is 0 Å². The molecule has 1 aliphatic heterocycles. The lowest BCUT2D eigenvalue weighted by Gasteiger charge is -2.37. The molecule has 2 aliphatic rings. The van der Waals surface area contributed by atoms with Crippen LogP contribution in [0.1, 0.15) is 50.4 Å². The van der Waals surface area contributed by atoms with Crippen molar-refractivity contribution in [2.24, 2.45) is 11.3 Å². The third-order valence-electron chi connectivity index (χ3n) is 4.82. The summed E-state index contributed by atoms with van der Waals surface area (Å²) < 4.78 is 0. The number of ketones is 2. The average Bonchev–Trinajstić information content (AvgIpc) is 2.52. The largest absolute Gasteiger partial charge is 0.329 e. The first-order valence-electron chi connectivity index (χ1n) is 8.64. The molecule has 0 saturated heterocycles. The lowest BCUT2D eigenvalue weighted by atomic mass is 9.71. The maximum atomic E-state index is 12.7. The average molecular weight is 354 g/mol. The van der Waals surface area contributed by atoms with Gasteiger partial charge in [0.05, 0.1) is 5.92 Å². The number of nitrogens with one attached hydrogen (secondary N) is 2. The van der Waals surface area contributed by atoms with Gasteiger partial charge in [-0.2, -0.15) is 0 Å². The molecule has 1 atom stereocenters. The molecule has 2 amide bonds. The Kier molecular flexibility index (Phi) is 4.52. The fraction of sp³-hybridized carbons (Fsp3) is 0.400. The van der Waals surface area contributed by atoms with Crippen molar-refractivity contribution < 1.29 is 19.2 Å². The summed E-state index contributed by atoms with van der Waals surface area (Å²) in [6, 6.07) is 6.53. The molecule has 1 heterocycles. The highest BCUT2D eigenvalue weighted by Crippen LogP contribution is 2.40. The summed E-state index contributed by atoms with van der Waals surface area (Å²) in [7, 11) is 0. The molecule has 2 N–H and O–H groups in total. The maximum Gasteiger partial charge on any atom is 0.232 e. The molecule has 0 fully saturated rings. The zero-order valence-corrected chi connectivity index (χ0v) is 15.1. The van der Waals surface area contributed by atoms with E-state index in [1.807, 2.05) is 13.8 Å². The summed E-state index contributed by atoms with van der Waals surface area (Å²) in [5, 5.41) is 5.53. The minimum Gasteiger partial charge on any atom is -0.329 e. The van der Waals surface area contributed by atoms with Gasteiger partial charge in [0.2, 0.25) is 11.8 Å². The van der Waals surface area contributed by atoms with Crippen molar-refractivity contribution in [1.29, 1.82) is 0 Å². The molecule has 6 heteroatoms. The van der Waals surface area contributed by atoms with Crippen molar-refractivity contribution >= 4 is 29.1 Å². The lowest BCUT2D eigenvalue weighted by molar-refractivity contribution is -0.129. The zero-order valence-electron chi connectivity index (χ0n) is 15.1. The number of anilines is 1. The van der Waals surface area contributed by atoms with E-state index in [9.17, 15) is 19.2 Å². The first-order valence-corrected chi connectivity index (χ1v) is 8.64. The zero-order chi connectivity index (χ0) is 19.1. The minimum atomic E-state index is -0.783. The first-order chi connectivity index (χ1) is 12.2. The molecule has 0 saturated carbocycles. The van der Waals surface area contributed by atoms with E-state index >= 15 is 0 Å². The molecule has 1 aliphatic carbocycles. The van der Waals surface area contributed by atoms with Crippen molar-refractivity contribution in [3.05, 3.63) is 41.1 Å². The maximum absolute atomic E-state index is 12.7. The van der Waals surface area contributed by atoms with E-state index in [1.54, 1.807) is 24.3 Å². The monoisotopic (exact) mass is 354 g/mol. The number of benzene rings is 1. The van der Waals surface area contributed by atoms with Crippen LogP contribution < -0.4 is 10.6 Å². The fourth-order valence-corrected chi connectivity index (χ4v) is 3.60. The molecule has 6 nitrogen and oxygen atoms in total. The highest BCUT2D eigenvalue weighted by Gasteiger charge is 2.42. The quantitative estimate of drug-likeness (QED) is 0.816. The number of amides is 2. The highest BCUT2D eigenvalue weighted by atomic mass is 16.2. The smallest absolute Gasteiger partial charge is 0.232 e. The second-order valence-electron chi connectivity index (χ2n) is 7.76. The predicted molar refractivity (Wildman–Crippen MR) is 96.4 cm³/mol. The van der Waals surface area contributed by atoms with E-state index in [4.69, 9.17) is 0 Å². The SMILES string of the molecule is CC(=O)c1ccc(NC(=O)[C@@H]2CC(=O)NC3=C2C(=O)CC(C)(C)C3)cc1. The van der Waals surface area contributed by atoms with Gasteiger partial charge >= 0.3 is 0 Å². The molecular formula is C20H22N2O4. The summed E-state index contributed by atoms with van der Waals surface area (Å²) in [6.07, 6.45) is 0.887. The Morgan fingerprint density at radius 2 is 1.77 bits per heavy atom. The topological polar surface area (TPSA) is 92.3 Å². The normalized spacial score (nSPS) is 21.7. The van der Waals surface area contributed by atoms with Gasteiger partial charge in [-0.25, -0.2) is 0 Å². The number of allylic oxidation sites excluding steroid dienone is 1. The van der Waals surface area contributed by atoms with E-state index < -0.39 is 5.92 Å². The third kappa shape index (κ3) is 3.59. The number of carbonyl (C=O) groups excluding carboxylic acids is 4. The van der Waals surface area contributed by atoms with Crippen molar-refractivity contribution in [3.63, 3.8) is 0 Å². The Morgan fingerprint density at radius 3 is 2.38 bits per heavy atom. The van der Waals surface area contributed by atoms with Crippen LogP contribution in [0.5, 0.6) is 0 Å². The van der Waals surface area contributed by atoms with Gasteiger partial charge in [0.25, 0.3) is 0 Å². The molecule has 0 bridgehead atoms.